The molecule has 2 aliphatic heterocycles. The number of methoxy groups -OCH3 is 2. The average molecular weight is 519 g/mol. The summed E-state index contributed by atoms with van der Waals surface area (Å²) < 4.78 is 10.1. The number of allylic oxidation sites excluding steroid dienone is 1. The molecule has 0 radical (unpaired) electrons. The molecular weight excluding hydrogens is 492 g/mol. The summed E-state index contributed by atoms with van der Waals surface area (Å²) in [5.41, 5.74) is 9.84. The number of rotatable bonds is 6. The standard InChI is InChI=1S/C27H26N4O5S/c1-14-8-9-17(10-15(14)2)30-25(33)23-22(16-6-5-7-18(11-16)35-3)19(13-28)24(29)31-26(34)20(37-27(23)31)12-21(32)36-4/h5-11,20,22H,12,29H2,1-4H3,(H,30,33)/t20-,22-/m0/s1. The molecular formula is C27H26N4O5S. The van der Waals surface area contributed by atoms with Gasteiger partial charge in [0, 0.05) is 5.69 Å². The van der Waals surface area contributed by atoms with E-state index in [4.69, 9.17) is 15.2 Å². The number of nitrogens with zero attached hydrogens (tertiary/aromatic N) is 2. The zero-order valence-electron chi connectivity index (χ0n) is 20.8. The number of esters is 1. The Morgan fingerprint density at radius 2 is 1.92 bits per heavy atom. The van der Waals surface area contributed by atoms with Crippen molar-refractivity contribution in [3.63, 3.8) is 0 Å². The smallest absolute Gasteiger partial charge is 0.307 e. The number of nitrogens with one attached hydrogen (secondary N) is 1. The lowest BCUT2D eigenvalue weighted by atomic mass is 9.82. The highest BCUT2D eigenvalue weighted by Crippen LogP contribution is 2.50. The molecule has 0 saturated carbocycles. The fourth-order valence-corrected chi connectivity index (χ4v) is 5.64. The predicted molar refractivity (Wildman–Crippen MR) is 139 cm³/mol. The first-order valence-electron chi connectivity index (χ1n) is 11.4. The van der Waals surface area contributed by atoms with E-state index in [1.165, 1.54) is 19.1 Å². The largest absolute Gasteiger partial charge is 0.497 e. The molecule has 10 heteroatoms. The van der Waals surface area contributed by atoms with Gasteiger partial charge in [-0.2, -0.15) is 5.26 Å². The minimum absolute atomic E-state index is 0.0508. The fraction of sp³-hybridized carbons (Fsp3) is 0.259. The topological polar surface area (TPSA) is 135 Å². The van der Waals surface area contributed by atoms with Gasteiger partial charge in [0.05, 0.1) is 48.8 Å². The summed E-state index contributed by atoms with van der Waals surface area (Å²) in [5, 5.41) is 12.5. The van der Waals surface area contributed by atoms with Crippen molar-refractivity contribution < 1.29 is 23.9 Å². The van der Waals surface area contributed by atoms with Gasteiger partial charge in [0.1, 0.15) is 16.8 Å². The lowest BCUT2D eigenvalue weighted by Gasteiger charge is -2.32. The van der Waals surface area contributed by atoms with Gasteiger partial charge in [-0.05, 0) is 54.8 Å². The summed E-state index contributed by atoms with van der Waals surface area (Å²) in [6.45, 7) is 3.91. The third-order valence-corrected chi connectivity index (χ3v) is 7.69. The van der Waals surface area contributed by atoms with Gasteiger partial charge in [-0.25, -0.2) is 0 Å². The zero-order chi connectivity index (χ0) is 26.9. The van der Waals surface area contributed by atoms with Crippen molar-refractivity contribution in [1.82, 2.24) is 4.90 Å². The Morgan fingerprint density at radius 1 is 1.16 bits per heavy atom. The molecule has 9 nitrogen and oxygen atoms in total. The molecule has 2 atom stereocenters. The quantitative estimate of drug-likeness (QED) is 0.555. The molecule has 2 aromatic rings. The maximum Gasteiger partial charge on any atom is 0.307 e. The van der Waals surface area contributed by atoms with E-state index in [1.54, 1.807) is 30.3 Å². The summed E-state index contributed by atoms with van der Waals surface area (Å²) in [6.07, 6.45) is -0.203. The molecule has 37 heavy (non-hydrogen) atoms. The monoisotopic (exact) mass is 518 g/mol. The number of thioether (sulfide) groups is 1. The second-order valence-electron chi connectivity index (χ2n) is 8.65. The summed E-state index contributed by atoms with van der Waals surface area (Å²) in [7, 11) is 2.76. The molecule has 1 fully saturated rings. The molecule has 190 valence electrons. The SMILES string of the molecule is COC(=O)C[C@@H]1SC2=C(C(=O)Nc3ccc(C)c(C)c3)[C@@H](c3cccc(OC)c3)C(C#N)=C(N)N2C1=O. The van der Waals surface area contributed by atoms with E-state index in [0.717, 1.165) is 22.9 Å². The maximum atomic E-state index is 13.9. The molecule has 2 aromatic carbocycles. The van der Waals surface area contributed by atoms with Crippen molar-refractivity contribution in [3.8, 4) is 11.8 Å². The van der Waals surface area contributed by atoms with E-state index < -0.39 is 29.0 Å². The van der Waals surface area contributed by atoms with Crippen LogP contribution in [0.15, 0.2) is 64.5 Å². The number of aryl methyl sites for hydroxylation is 2. The van der Waals surface area contributed by atoms with Crippen molar-refractivity contribution in [2.24, 2.45) is 5.73 Å². The van der Waals surface area contributed by atoms with Crippen LogP contribution in [0.5, 0.6) is 5.75 Å². The van der Waals surface area contributed by atoms with Crippen LogP contribution < -0.4 is 15.8 Å². The highest BCUT2D eigenvalue weighted by molar-refractivity contribution is 8.04. The number of nitriles is 1. The summed E-state index contributed by atoms with van der Waals surface area (Å²) in [6, 6.07) is 14.6. The van der Waals surface area contributed by atoms with Gasteiger partial charge in [0.25, 0.3) is 5.91 Å². The number of hydrogen-bond acceptors (Lipinski definition) is 8. The van der Waals surface area contributed by atoms with Crippen molar-refractivity contribution in [2.75, 3.05) is 19.5 Å². The molecule has 0 aromatic heterocycles. The highest BCUT2D eigenvalue weighted by atomic mass is 32.2. The Morgan fingerprint density at radius 3 is 2.57 bits per heavy atom. The van der Waals surface area contributed by atoms with Crippen LogP contribution in [0.25, 0.3) is 0 Å². The molecule has 3 N–H and O–H groups in total. The first kappa shape index (κ1) is 25.9. The van der Waals surface area contributed by atoms with Crippen LogP contribution in [0.1, 0.15) is 29.0 Å². The van der Waals surface area contributed by atoms with Crippen molar-refractivity contribution in [1.29, 1.82) is 5.26 Å². The van der Waals surface area contributed by atoms with Gasteiger partial charge in [0.2, 0.25) is 5.91 Å². The first-order chi connectivity index (χ1) is 17.7. The van der Waals surface area contributed by atoms with Crippen molar-refractivity contribution in [3.05, 3.63) is 81.2 Å². The normalized spacial score (nSPS) is 18.9. The first-order valence-corrected chi connectivity index (χ1v) is 12.3. The molecule has 0 spiro atoms. The Hall–Kier alpha value is -4.23. The van der Waals surface area contributed by atoms with Crippen LogP contribution in [0.2, 0.25) is 0 Å². The number of nitrogens with two attached hydrogens (primary N) is 1. The third-order valence-electron chi connectivity index (χ3n) is 6.41. The van der Waals surface area contributed by atoms with Gasteiger partial charge in [-0.1, -0.05) is 30.0 Å². The molecule has 0 aliphatic carbocycles. The summed E-state index contributed by atoms with van der Waals surface area (Å²) in [4.78, 5) is 40.3. The Balaban J connectivity index is 1.89. The molecule has 0 unspecified atom stereocenters. The van der Waals surface area contributed by atoms with E-state index in [9.17, 15) is 19.6 Å². The lowest BCUT2D eigenvalue weighted by Crippen LogP contribution is -2.39. The number of fused-ring (bicyclic) bond motifs is 1. The van der Waals surface area contributed by atoms with Gasteiger partial charge < -0.3 is 20.5 Å². The Bertz CT molecular complexity index is 1410. The number of benzene rings is 2. The Kier molecular flexibility index (Phi) is 7.27. The number of anilines is 1. The molecule has 2 aliphatic rings. The van der Waals surface area contributed by atoms with Crippen LogP contribution in [-0.4, -0.2) is 42.2 Å². The van der Waals surface area contributed by atoms with Crippen LogP contribution in [0.3, 0.4) is 0 Å². The molecule has 2 heterocycles. The molecule has 2 amide bonds. The lowest BCUT2D eigenvalue weighted by molar-refractivity contribution is -0.142. The predicted octanol–water partition coefficient (Wildman–Crippen LogP) is 3.46. The van der Waals surface area contributed by atoms with Gasteiger partial charge >= 0.3 is 5.97 Å². The second-order valence-corrected chi connectivity index (χ2v) is 9.84. The van der Waals surface area contributed by atoms with Gasteiger partial charge in [0.15, 0.2) is 0 Å². The third kappa shape index (κ3) is 4.78. The molecule has 1 saturated heterocycles. The second kappa shape index (κ2) is 10.4. The Labute approximate surface area is 218 Å². The minimum atomic E-state index is -0.866. The van der Waals surface area contributed by atoms with E-state index in [-0.39, 0.29) is 28.4 Å². The van der Waals surface area contributed by atoms with E-state index in [0.29, 0.717) is 17.0 Å². The summed E-state index contributed by atoms with van der Waals surface area (Å²) in [5.74, 6) is -1.95. The average Bonchev–Trinajstić information content (AvgIpc) is 3.21. The fourth-order valence-electron chi connectivity index (χ4n) is 4.32. The van der Waals surface area contributed by atoms with E-state index in [1.807, 2.05) is 26.0 Å². The molecule has 0 bridgehead atoms. The zero-order valence-corrected chi connectivity index (χ0v) is 21.6. The van der Waals surface area contributed by atoms with Crippen molar-refractivity contribution >= 4 is 35.2 Å². The minimum Gasteiger partial charge on any atom is -0.497 e. The van der Waals surface area contributed by atoms with E-state index in [2.05, 4.69) is 11.4 Å². The van der Waals surface area contributed by atoms with Gasteiger partial charge in [-0.15, -0.1) is 0 Å². The maximum absolute atomic E-state index is 13.9. The van der Waals surface area contributed by atoms with Crippen molar-refractivity contribution in [2.45, 2.75) is 31.4 Å². The molecule has 4 rings (SSSR count). The number of carbonyl (C=O) groups excluding carboxylic acids is 3. The number of hydrogen-bond donors (Lipinski definition) is 2. The van der Waals surface area contributed by atoms with Crippen LogP contribution in [0, 0.1) is 25.2 Å². The van der Waals surface area contributed by atoms with Crippen LogP contribution in [0.4, 0.5) is 5.69 Å². The number of ether oxygens (including phenoxy) is 2. The van der Waals surface area contributed by atoms with Crippen LogP contribution in [-0.2, 0) is 19.1 Å². The number of carbonyl (C=O) groups is 3. The van der Waals surface area contributed by atoms with Gasteiger partial charge in [-0.3, -0.25) is 19.3 Å². The number of amides is 2. The van der Waals surface area contributed by atoms with E-state index >= 15 is 0 Å². The summed E-state index contributed by atoms with van der Waals surface area (Å²) >= 11 is 1.06. The highest BCUT2D eigenvalue weighted by Gasteiger charge is 2.48. The van der Waals surface area contributed by atoms with Crippen LogP contribution >= 0.6 is 11.8 Å².